The van der Waals surface area contributed by atoms with Gasteiger partial charge < -0.3 is 4.90 Å². The number of fused-ring (bicyclic) bond motifs is 2. The monoisotopic (exact) mass is 259 g/mol. The quantitative estimate of drug-likeness (QED) is 0.687. The van der Waals surface area contributed by atoms with E-state index < -0.39 is 0 Å². The van der Waals surface area contributed by atoms with Gasteiger partial charge in [0.1, 0.15) is 0 Å². The first-order valence-electron chi connectivity index (χ1n) is 5.49. The van der Waals surface area contributed by atoms with E-state index in [-0.39, 0.29) is 0 Å². The molecule has 17 heavy (non-hydrogen) atoms. The predicted molar refractivity (Wildman–Crippen MR) is 76.9 cm³/mol. The van der Waals surface area contributed by atoms with Crippen LogP contribution >= 0.6 is 23.5 Å². The second kappa shape index (κ2) is 4.31. The fourth-order valence-corrected chi connectivity index (χ4v) is 4.04. The van der Waals surface area contributed by atoms with Gasteiger partial charge in [0.05, 0.1) is 11.4 Å². The van der Waals surface area contributed by atoms with Crippen LogP contribution in [-0.4, -0.2) is 13.3 Å². The largest absolute Gasteiger partial charge is 0.342 e. The van der Waals surface area contributed by atoms with Gasteiger partial charge in [0.25, 0.3) is 0 Å². The average Bonchev–Trinajstić information content (AvgIpc) is 2.38. The summed E-state index contributed by atoms with van der Waals surface area (Å²) in [6, 6.07) is 15.1. The first kappa shape index (κ1) is 11.1. The average molecular weight is 259 g/mol. The van der Waals surface area contributed by atoms with Crippen LogP contribution in [0.2, 0.25) is 0 Å². The highest BCUT2D eigenvalue weighted by Gasteiger charge is 2.22. The highest BCUT2D eigenvalue weighted by molar-refractivity contribution is 8.00. The van der Waals surface area contributed by atoms with E-state index in [1.54, 1.807) is 11.8 Å². The molecule has 1 heterocycles. The van der Waals surface area contributed by atoms with Crippen molar-refractivity contribution < 1.29 is 0 Å². The maximum Gasteiger partial charge on any atom is 0.0688 e. The topological polar surface area (TPSA) is 3.24 Å². The molecular weight excluding hydrogens is 246 g/mol. The zero-order valence-electron chi connectivity index (χ0n) is 9.81. The minimum absolute atomic E-state index is 1.30. The van der Waals surface area contributed by atoms with Crippen LogP contribution in [0, 0.1) is 0 Å². The van der Waals surface area contributed by atoms with Crippen molar-refractivity contribution in [1.82, 2.24) is 0 Å². The lowest BCUT2D eigenvalue weighted by atomic mass is 10.2. The normalized spacial score (nSPS) is 13.2. The van der Waals surface area contributed by atoms with E-state index >= 15 is 0 Å². The first-order chi connectivity index (χ1) is 8.31. The third kappa shape index (κ3) is 1.74. The van der Waals surface area contributed by atoms with E-state index in [9.17, 15) is 0 Å². The van der Waals surface area contributed by atoms with E-state index in [1.165, 1.54) is 26.1 Å². The van der Waals surface area contributed by atoms with Crippen molar-refractivity contribution in [3.8, 4) is 0 Å². The molecule has 1 nitrogen and oxygen atoms in total. The van der Waals surface area contributed by atoms with Crippen molar-refractivity contribution in [2.45, 2.75) is 14.7 Å². The van der Waals surface area contributed by atoms with Gasteiger partial charge in [0.2, 0.25) is 0 Å². The lowest BCUT2D eigenvalue weighted by Gasteiger charge is -2.30. The summed E-state index contributed by atoms with van der Waals surface area (Å²) in [6.45, 7) is 0. The van der Waals surface area contributed by atoms with Crippen LogP contribution in [0.15, 0.2) is 57.2 Å². The molecule has 0 unspecified atom stereocenters. The molecule has 0 atom stereocenters. The maximum atomic E-state index is 2.30. The summed E-state index contributed by atoms with van der Waals surface area (Å²) in [6.07, 6.45) is 2.13. The Morgan fingerprint density at radius 1 is 1.00 bits per heavy atom. The molecule has 3 heteroatoms. The molecule has 1 aliphatic rings. The number of benzene rings is 2. The lowest BCUT2D eigenvalue weighted by molar-refractivity contribution is 1.08. The van der Waals surface area contributed by atoms with Crippen LogP contribution in [0.3, 0.4) is 0 Å². The summed E-state index contributed by atoms with van der Waals surface area (Å²) in [5.41, 5.74) is 2.63. The van der Waals surface area contributed by atoms with E-state index in [1.807, 2.05) is 11.8 Å². The molecule has 1 aliphatic heterocycles. The molecule has 0 spiro atoms. The molecule has 0 bridgehead atoms. The fraction of sp³-hybridized carbons (Fsp3) is 0.143. The minimum atomic E-state index is 1.30. The molecule has 86 valence electrons. The van der Waals surface area contributed by atoms with Gasteiger partial charge in [0, 0.05) is 21.7 Å². The van der Waals surface area contributed by atoms with E-state index in [0.29, 0.717) is 0 Å². The van der Waals surface area contributed by atoms with Crippen LogP contribution in [0.4, 0.5) is 11.4 Å². The Morgan fingerprint density at radius 3 is 2.59 bits per heavy atom. The third-order valence-corrected chi connectivity index (χ3v) is 4.85. The Kier molecular flexibility index (Phi) is 2.81. The van der Waals surface area contributed by atoms with E-state index in [0.717, 1.165) is 0 Å². The third-order valence-electron chi connectivity index (χ3n) is 2.96. The molecule has 2 aromatic rings. The molecule has 0 radical (unpaired) electrons. The van der Waals surface area contributed by atoms with Crippen molar-refractivity contribution in [2.24, 2.45) is 0 Å². The Morgan fingerprint density at radius 2 is 1.76 bits per heavy atom. The molecule has 0 amide bonds. The van der Waals surface area contributed by atoms with Gasteiger partial charge in [-0.25, -0.2) is 0 Å². The summed E-state index contributed by atoms with van der Waals surface area (Å²) in [7, 11) is 2.15. The van der Waals surface area contributed by atoms with E-state index in [2.05, 4.69) is 60.7 Å². The Hall–Kier alpha value is -1.06. The SMILES string of the molecule is CSc1cccc2c1N(C)c1ccccc1S2. The molecule has 3 rings (SSSR count). The summed E-state index contributed by atoms with van der Waals surface area (Å²) < 4.78 is 0. The molecule has 2 aromatic carbocycles. The predicted octanol–water partition coefficient (Wildman–Crippen LogP) is 4.64. The van der Waals surface area contributed by atoms with Gasteiger partial charge in [-0.3, -0.25) is 0 Å². The number of anilines is 2. The van der Waals surface area contributed by atoms with Gasteiger partial charge in [-0.05, 0) is 30.5 Å². The van der Waals surface area contributed by atoms with Crippen molar-refractivity contribution in [1.29, 1.82) is 0 Å². The zero-order chi connectivity index (χ0) is 11.8. The van der Waals surface area contributed by atoms with Gasteiger partial charge >= 0.3 is 0 Å². The van der Waals surface area contributed by atoms with Crippen LogP contribution in [0.25, 0.3) is 0 Å². The minimum Gasteiger partial charge on any atom is -0.342 e. The number of hydrogen-bond donors (Lipinski definition) is 0. The Labute approximate surface area is 110 Å². The molecule has 0 saturated heterocycles. The van der Waals surface area contributed by atoms with Crippen LogP contribution in [0.5, 0.6) is 0 Å². The van der Waals surface area contributed by atoms with Crippen LogP contribution in [0.1, 0.15) is 0 Å². The van der Waals surface area contributed by atoms with Crippen molar-refractivity contribution in [3.05, 3.63) is 42.5 Å². The van der Waals surface area contributed by atoms with Crippen molar-refractivity contribution in [3.63, 3.8) is 0 Å². The Bertz CT molecular complexity index is 566. The highest BCUT2D eigenvalue weighted by Crippen LogP contribution is 2.50. The molecule has 0 aliphatic carbocycles. The van der Waals surface area contributed by atoms with E-state index in [4.69, 9.17) is 0 Å². The molecule has 0 aromatic heterocycles. The number of rotatable bonds is 1. The molecule has 0 saturated carbocycles. The summed E-state index contributed by atoms with van der Waals surface area (Å²) in [5.74, 6) is 0. The van der Waals surface area contributed by atoms with Gasteiger partial charge in [-0.1, -0.05) is 30.0 Å². The molecular formula is C14H13NS2. The van der Waals surface area contributed by atoms with Crippen LogP contribution < -0.4 is 4.90 Å². The second-order valence-electron chi connectivity index (χ2n) is 3.94. The summed E-state index contributed by atoms with van der Waals surface area (Å²) in [4.78, 5) is 6.32. The first-order valence-corrected chi connectivity index (χ1v) is 7.53. The molecule has 0 N–H and O–H groups in total. The van der Waals surface area contributed by atoms with Gasteiger partial charge in [0.15, 0.2) is 0 Å². The fourth-order valence-electron chi connectivity index (χ4n) is 2.14. The van der Waals surface area contributed by atoms with Crippen molar-refractivity contribution >= 4 is 34.9 Å². The summed E-state index contributed by atoms with van der Waals surface area (Å²) in [5, 5.41) is 0. The second-order valence-corrected chi connectivity index (χ2v) is 5.87. The lowest BCUT2D eigenvalue weighted by Crippen LogP contribution is -2.15. The maximum absolute atomic E-state index is 2.30. The van der Waals surface area contributed by atoms with Gasteiger partial charge in [-0.15, -0.1) is 11.8 Å². The number of nitrogens with zero attached hydrogens (tertiary/aromatic N) is 1. The van der Waals surface area contributed by atoms with Gasteiger partial charge in [-0.2, -0.15) is 0 Å². The van der Waals surface area contributed by atoms with Crippen LogP contribution in [-0.2, 0) is 0 Å². The highest BCUT2D eigenvalue weighted by atomic mass is 32.2. The number of thioether (sulfide) groups is 1. The smallest absolute Gasteiger partial charge is 0.0688 e. The number of para-hydroxylation sites is 2. The molecule has 0 fully saturated rings. The summed E-state index contributed by atoms with van der Waals surface area (Å²) >= 11 is 3.67. The zero-order valence-corrected chi connectivity index (χ0v) is 11.4. The van der Waals surface area contributed by atoms with Crippen molar-refractivity contribution in [2.75, 3.05) is 18.2 Å². The number of hydrogen-bond acceptors (Lipinski definition) is 3. The Balaban J connectivity index is 2.20. The standard InChI is InChI=1S/C14H13NS2/c1-15-10-6-3-4-7-11(10)17-13-9-5-8-12(16-2)14(13)15/h3-9H,1-2H3.